The lowest BCUT2D eigenvalue weighted by atomic mass is 9.98. The fourth-order valence-electron chi connectivity index (χ4n) is 2.06. The van der Waals surface area contributed by atoms with E-state index in [9.17, 15) is 0 Å². The van der Waals surface area contributed by atoms with E-state index in [-0.39, 0.29) is 0 Å². The van der Waals surface area contributed by atoms with Crippen molar-refractivity contribution in [2.45, 2.75) is 20.8 Å². The Labute approximate surface area is 129 Å². The second kappa shape index (κ2) is 9.55. The van der Waals surface area contributed by atoms with Crippen molar-refractivity contribution in [3.63, 3.8) is 0 Å². The molecule has 108 valence electrons. The third-order valence-electron chi connectivity index (χ3n) is 2.95. The fourth-order valence-corrected chi connectivity index (χ4v) is 2.06. The summed E-state index contributed by atoms with van der Waals surface area (Å²) in [5, 5.41) is 0. The van der Waals surface area contributed by atoms with Gasteiger partial charge in [0.1, 0.15) is 0 Å². The maximum Gasteiger partial charge on any atom is -0.0178 e. The van der Waals surface area contributed by atoms with E-state index < -0.39 is 0 Å². The second-order valence-corrected chi connectivity index (χ2v) is 4.30. The number of allylic oxidation sites excluding steroid dienone is 5. The molecule has 0 bridgehead atoms. The molecule has 0 saturated heterocycles. The quantitative estimate of drug-likeness (QED) is 0.557. The highest BCUT2D eigenvalue weighted by molar-refractivity contribution is 5.78. The first-order valence-corrected chi connectivity index (χ1v) is 7.46. The molecule has 0 fully saturated rings. The van der Waals surface area contributed by atoms with Gasteiger partial charge in [-0.2, -0.15) is 0 Å². The summed E-state index contributed by atoms with van der Waals surface area (Å²) in [6.45, 7) is 9.80. The average molecular weight is 276 g/mol. The molecule has 2 aromatic rings. The Morgan fingerprint density at radius 2 is 1.57 bits per heavy atom. The summed E-state index contributed by atoms with van der Waals surface area (Å²) < 4.78 is 0. The molecule has 0 heterocycles. The summed E-state index contributed by atoms with van der Waals surface area (Å²) in [4.78, 5) is 0. The minimum absolute atomic E-state index is 1.18. The predicted octanol–water partition coefficient (Wildman–Crippen LogP) is 6.53. The van der Waals surface area contributed by atoms with E-state index in [0.717, 1.165) is 0 Å². The Balaban J connectivity index is 0.00000106. The van der Waals surface area contributed by atoms with Gasteiger partial charge in [0.15, 0.2) is 0 Å². The molecule has 0 saturated carbocycles. The highest BCUT2D eigenvalue weighted by Crippen LogP contribution is 2.24. The van der Waals surface area contributed by atoms with Crippen molar-refractivity contribution in [3.8, 4) is 11.1 Å². The lowest BCUT2D eigenvalue weighted by Gasteiger charge is -2.06. The Bertz CT molecular complexity index is 601. The Hall–Kier alpha value is -2.34. The van der Waals surface area contributed by atoms with E-state index >= 15 is 0 Å². The molecule has 0 amide bonds. The number of rotatable bonds is 4. The molecule has 0 N–H and O–H groups in total. The van der Waals surface area contributed by atoms with Gasteiger partial charge in [-0.05, 0) is 35.3 Å². The van der Waals surface area contributed by atoms with Gasteiger partial charge in [0.25, 0.3) is 0 Å². The molecule has 2 rings (SSSR count). The van der Waals surface area contributed by atoms with Crippen molar-refractivity contribution >= 4 is 5.57 Å². The first-order valence-electron chi connectivity index (χ1n) is 7.46. The van der Waals surface area contributed by atoms with Crippen LogP contribution < -0.4 is 0 Å². The van der Waals surface area contributed by atoms with Crippen LogP contribution in [0.2, 0.25) is 0 Å². The van der Waals surface area contributed by atoms with Crippen molar-refractivity contribution in [1.29, 1.82) is 0 Å². The number of hydrogen-bond acceptors (Lipinski definition) is 0. The van der Waals surface area contributed by atoms with Gasteiger partial charge in [-0.3, -0.25) is 0 Å². The van der Waals surface area contributed by atoms with Gasteiger partial charge < -0.3 is 0 Å². The van der Waals surface area contributed by atoms with Gasteiger partial charge in [0.05, 0.1) is 0 Å². The summed E-state index contributed by atoms with van der Waals surface area (Å²) in [5.41, 5.74) is 4.86. The molecule has 2 aromatic carbocycles. The van der Waals surface area contributed by atoms with Crippen molar-refractivity contribution in [2.24, 2.45) is 0 Å². The zero-order chi connectivity index (χ0) is 15.5. The maximum atomic E-state index is 3.78. The Morgan fingerprint density at radius 1 is 0.905 bits per heavy atom. The van der Waals surface area contributed by atoms with Crippen LogP contribution in [0.25, 0.3) is 16.7 Å². The van der Waals surface area contributed by atoms with E-state index in [1.165, 1.54) is 22.3 Å². The van der Waals surface area contributed by atoms with Crippen LogP contribution in [0.4, 0.5) is 0 Å². The monoisotopic (exact) mass is 276 g/mol. The van der Waals surface area contributed by atoms with Crippen LogP contribution in [0.5, 0.6) is 0 Å². The lowest BCUT2D eigenvalue weighted by molar-refractivity contribution is 1.50. The number of benzene rings is 2. The topological polar surface area (TPSA) is 0 Å². The summed E-state index contributed by atoms with van der Waals surface area (Å²) in [6.07, 6.45) is 8.00. The lowest BCUT2D eigenvalue weighted by Crippen LogP contribution is -1.83. The normalized spacial score (nSPS) is 10.9. The molecule has 0 unspecified atom stereocenters. The van der Waals surface area contributed by atoms with Gasteiger partial charge in [-0.15, -0.1) is 0 Å². The Morgan fingerprint density at radius 3 is 2.19 bits per heavy atom. The van der Waals surface area contributed by atoms with Gasteiger partial charge in [0.2, 0.25) is 0 Å². The maximum absolute atomic E-state index is 3.78. The molecule has 0 aliphatic carbocycles. The van der Waals surface area contributed by atoms with Crippen molar-refractivity contribution in [3.05, 3.63) is 91.0 Å². The summed E-state index contributed by atoms with van der Waals surface area (Å²) in [7, 11) is 0. The molecule has 0 radical (unpaired) electrons. The van der Waals surface area contributed by atoms with Crippen LogP contribution in [-0.4, -0.2) is 0 Å². The first-order chi connectivity index (χ1) is 10.3. The van der Waals surface area contributed by atoms with Crippen LogP contribution in [0, 0.1) is 0 Å². The van der Waals surface area contributed by atoms with Gasteiger partial charge in [-0.25, -0.2) is 0 Å². The van der Waals surface area contributed by atoms with Gasteiger partial charge in [0, 0.05) is 0 Å². The fraction of sp³-hybridized carbons (Fsp3) is 0.143. The van der Waals surface area contributed by atoms with Crippen LogP contribution in [-0.2, 0) is 0 Å². The molecular weight excluding hydrogens is 252 g/mol. The molecule has 0 aliphatic heterocycles. The summed E-state index contributed by atoms with van der Waals surface area (Å²) >= 11 is 0. The highest BCUT2D eigenvalue weighted by atomic mass is 14.1. The van der Waals surface area contributed by atoms with Gasteiger partial charge >= 0.3 is 0 Å². The van der Waals surface area contributed by atoms with Crippen LogP contribution in [0.3, 0.4) is 0 Å². The summed E-state index contributed by atoms with van der Waals surface area (Å²) in [6, 6.07) is 19.0. The third kappa shape index (κ3) is 4.92. The molecule has 0 atom stereocenters. The van der Waals surface area contributed by atoms with E-state index in [0.29, 0.717) is 0 Å². The van der Waals surface area contributed by atoms with Crippen LogP contribution >= 0.6 is 0 Å². The molecule has 0 spiro atoms. The number of hydrogen-bond donors (Lipinski definition) is 0. The van der Waals surface area contributed by atoms with Crippen LogP contribution in [0.15, 0.2) is 85.5 Å². The molecule has 0 heteroatoms. The van der Waals surface area contributed by atoms with E-state index in [1.807, 2.05) is 45.1 Å². The van der Waals surface area contributed by atoms with E-state index in [2.05, 4.69) is 61.2 Å². The molecule has 21 heavy (non-hydrogen) atoms. The zero-order valence-electron chi connectivity index (χ0n) is 13.2. The minimum Gasteiger partial charge on any atom is -0.0990 e. The standard InChI is InChI=1S/C19H18.C2H6/c1-3-9-16(10-4-2)18-13-8-14-19(15-18)17-11-6-5-7-12-17;1-2/h3-15H,1H2,2H3;1-2H3/b10-4-,16-9+;. The minimum atomic E-state index is 1.18. The van der Waals surface area contributed by atoms with Crippen LogP contribution in [0.1, 0.15) is 26.3 Å². The molecular formula is C21H24. The second-order valence-electron chi connectivity index (χ2n) is 4.30. The summed E-state index contributed by atoms with van der Waals surface area (Å²) in [5.74, 6) is 0. The third-order valence-corrected chi connectivity index (χ3v) is 2.95. The molecule has 0 aliphatic rings. The zero-order valence-corrected chi connectivity index (χ0v) is 13.2. The van der Waals surface area contributed by atoms with Crippen molar-refractivity contribution in [2.75, 3.05) is 0 Å². The van der Waals surface area contributed by atoms with Gasteiger partial charge in [-0.1, -0.05) is 93.3 Å². The molecule has 0 aromatic heterocycles. The molecule has 0 nitrogen and oxygen atoms in total. The predicted molar refractivity (Wildman–Crippen MR) is 96.2 cm³/mol. The average Bonchev–Trinajstić information content (AvgIpc) is 2.57. The largest absolute Gasteiger partial charge is 0.0990 e. The SMILES string of the molecule is C=C/C=C(\C=C/C)c1cccc(-c2ccccc2)c1.CC. The Kier molecular flexibility index (Phi) is 7.60. The smallest absolute Gasteiger partial charge is 0.0178 e. The van der Waals surface area contributed by atoms with E-state index in [1.54, 1.807) is 0 Å². The first kappa shape index (κ1) is 16.7. The highest BCUT2D eigenvalue weighted by Gasteiger charge is 2.01. The van der Waals surface area contributed by atoms with E-state index in [4.69, 9.17) is 0 Å². The van der Waals surface area contributed by atoms with Crippen molar-refractivity contribution in [1.82, 2.24) is 0 Å². The van der Waals surface area contributed by atoms with Crippen molar-refractivity contribution < 1.29 is 0 Å².